The molecule has 21 heavy (non-hydrogen) atoms. The fourth-order valence-corrected chi connectivity index (χ4v) is 2.45. The van der Waals surface area contributed by atoms with Crippen LogP contribution in [-0.4, -0.2) is 28.9 Å². The lowest BCUT2D eigenvalue weighted by Gasteiger charge is -2.37. The standard InChI is InChI=1S/C17H19NO3/c1-3-14-10-16(19)11-15(4-2)18(14)17(20)21-12-13-8-6-5-7-9-13/h3-9,14-15H,1-2,10-12H2/t14-,15+. The molecule has 1 aromatic rings. The molecule has 1 aliphatic rings. The third-order valence-electron chi connectivity index (χ3n) is 3.55. The molecule has 1 aliphatic heterocycles. The van der Waals surface area contributed by atoms with E-state index in [1.165, 1.54) is 0 Å². The van der Waals surface area contributed by atoms with Gasteiger partial charge in [-0.05, 0) is 5.56 Å². The number of carbonyl (C=O) groups excluding carboxylic acids is 2. The topological polar surface area (TPSA) is 46.6 Å². The third kappa shape index (κ3) is 3.60. The van der Waals surface area contributed by atoms with E-state index in [0.29, 0.717) is 0 Å². The van der Waals surface area contributed by atoms with E-state index in [1.54, 1.807) is 17.1 Å². The summed E-state index contributed by atoms with van der Waals surface area (Å²) in [5, 5.41) is 0. The van der Waals surface area contributed by atoms with Crippen LogP contribution < -0.4 is 0 Å². The minimum atomic E-state index is -0.443. The van der Waals surface area contributed by atoms with Gasteiger partial charge in [0.1, 0.15) is 12.4 Å². The van der Waals surface area contributed by atoms with Gasteiger partial charge in [0.05, 0.1) is 12.1 Å². The maximum atomic E-state index is 12.3. The van der Waals surface area contributed by atoms with E-state index < -0.39 is 6.09 Å². The zero-order valence-electron chi connectivity index (χ0n) is 11.9. The lowest BCUT2D eigenvalue weighted by Crippen LogP contribution is -2.51. The van der Waals surface area contributed by atoms with Crippen LogP contribution in [0.3, 0.4) is 0 Å². The van der Waals surface area contributed by atoms with Crippen molar-refractivity contribution in [1.82, 2.24) is 4.90 Å². The van der Waals surface area contributed by atoms with Crippen LogP contribution in [0.2, 0.25) is 0 Å². The first kappa shape index (κ1) is 15.0. The highest BCUT2D eigenvalue weighted by molar-refractivity contribution is 5.84. The average Bonchev–Trinajstić information content (AvgIpc) is 2.52. The highest BCUT2D eigenvalue weighted by Crippen LogP contribution is 2.23. The molecule has 0 saturated carbocycles. The summed E-state index contributed by atoms with van der Waals surface area (Å²) in [6.45, 7) is 7.61. The molecule has 0 bridgehead atoms. The molecule has 0 radical (unpaired) electrons. The fraction of sp³-hybridized carbons (Fsp3) is 0.294. The van der Waals surface area contributed by atoms with Crippen molar-refractivity contribution in [1.29, 1.82) is 0 Å². The average molecular weight is 285 g/mol. The number of hydrogen-bond donors (Lipinski definition) is 0. The summed E-state index contributed by atoms with van der Waals surface area (Å²) in [5.41, 5.74) is 0.921. The highest BCUT2D eigenvalue weighted by Gasteiger charge is 2.35. The van der Waals surface area contributed by atoms with E-state index in [-0.39, 0.29) is 37.3 Å². The Hall–Kier alpha value is -2.36. The van der Waals surface area contributed by atoms with E-state index in [2.05, 4.69) is 13.2 Å². The summed E-state index contributed by atoms with van der Waals surface area (Å²) in [4.78, 5) is 25.5. The predicted molar refractivity (Wildman–Crippen MR) is 80.7 cm³/mol. The molecule has 1 saturated heterocycles. The van der Waals surface area contributed by atoms with Gasteiger partial charge >= 0.3 is 6.09 Å². The van der Waals surface area contributed by atoms with E-state index in [1.807, 2.05) is 30.3 Å². The van der Waals surface area contributed by atoms with E-state index in [9.17, 15) is 9.59 Å². The Kier molecular flexibility index (Phi) is 4.93. The second-order valence-electron chi connectivity index (χ2n) is 5.00. The van der Waals surface area contributed by atoms with Crippen LogP contribution in [0.5, 0.6) is 0 Å². The smallest absolute Gasteiger partial charge is 0.411 e. The molecule has 4 nitrogen and oxygen atoms in total. The summed E-state index contributed by atoms with van der Waals surface area (Å²) >= 11 is 0. The molecular formula is C17H19NO3. The molecule has 1 heterocycles. The van der Waals surface area contributed by atoms with Crippen molar-refractivity contribution < 1.29 is 14.3 Å². The number of benzene rings is 1. The van der Waals surface area contributed by atoms with Crippen molar-refractivity contribution in [2.45, 2.75) is 31.5 Å². The van der Waals surface area contributed by atoms with Crippen molar-refractivity contribution in [2.24, 2.45) is 0 Å². The van der Waals surface area contributed by atoms with Crippen LogP contribution in [-0.2, 0) is 16.1 Å². The molecule has 110 valence electrons. The lowest BCUT2D eigenvalue weighted by atomic mass is 9.95. The Morgan fingerprint density at radius 1 is 1.19 bits per heavy atom. The van der Waals surface area contributed by atoms with Gasteiger partial charge in [0, 0.05) is 12.8 Å². The van der Waals surface area contributed by atoms with E-state index >= 15 is 0 Å². The number of amides is 1. The first-order valence-corrected chi connectivity index (χ1v) is 6.91. The van der Waals surface area contributed by atoms with Gasteiger partial charge in [0.25, 0.3) is 0 Å². The first-order chi connectivity index (χ1) is 10.2. The first-order valence-electron chi connectivity index (χ1n) is 6.91. The molecule has 4 heteroatoms. The molecule has 0 aliphatic carbocycles. The Morgan fingerprint density at radius 2 is 1.76 bits per heavy atom. The van der Waals surface area contributed by atoms with Crippen LogP contribution >= 0.6 is 0 Å². The number of carbonyl (C=O) groups is 2. The molecule has 0 N–H and O–H groups in total. The number of hydrogen-bond acceptors (Lipinski definition) is 3. The molecule has 1 amide bonds. The minimum absolute atomic E-state index is 0.108. The van der Waals surface area contributed by atoms with Crippen molar-refractivity contribution >= 4 is 11.9 Å². The third-order valence-corrected chi connectivity index (χ3v) is 3.55. The van der Waals surface area contributed by atoms with Gasteiger partial charge in [-0.2, -0.15) is 0 Å². The van der Waals surface area contributed by atoms with Crippen molar-refractivity contribution in [2.75, 3.05) is 0 Å². The number of rotatable bonds is 4. The summed E-state index contributed by atoms with van der Waals surface area (Å²) in [6, 6.07) is 8.80. The number of piperidine rings is 1. The number of Topliss-reactive ketones (excluding diaryl/α,β-unsaturated/α-hetero) is 1. The van der Waals surface area contributed by atoms with Crippen LogP contribution in [0.4, 0.5) is 4.79 Å². The molecule has 1 aromatic carbocycles. The summed E-state index contributed by atoms with van der Waals surface area (Å²) in [5.74, 6) is 0.108. The molecule has 0 spiro atoms. The Bertz CT molecular complexity index is 518. The van der Waals surface area contributed by atoms with Crippen molar-refractivity contribution in [3.05, 3.63) is 61.2 Å². The monoisotopic (exact) mass is 285 g/mol. The van der Waals surface area contributed by atoms with Gasteiger partial charge in [-0.3, -0.25) is 9.69 Å². The summed E-state index contributed by atoms with van der Waals surface area (Å²) in [7, 11) is 0. The normalized spacial score (nSPS) is 21.7. The van der Waals surface area contributed by atoms with Gasteiger partial charge in [-0.1, -0.05) is 42.5 Å². The van der Waals surface area contributed by atoms with Gasteiger partial charge in [0.2, 0.25) is 0 Å². The maximum absolute atomic E-state index is 12.3. The number of likely N-dealkylation sites (tertiary alicyclic amines) is 1. The molecular weight excluding hydrogens is 266 g/mol. The van der Waals surface area contributed by atoms with Crippen molar-refractivity contribution in [3.63, 3.8) is 0 Å². The minimum Gasteiger partial charge on any atom is -0.445 e. The Labute approximate surface area is 124 Å². The van der Waals surface area contributed by atoms with Gasteiger partial charge < -0.3 is 4.74 Å². The van der Waals surface area contributed by atoms with Crippen LogP contribution in [0.25, 0.3) is 0 Å². The van der Waals surface area contributed by atoms with Gasteiger partial charge in [0.15, 0.2) is 0 Å². The maximum Gasteiger partial charge on any atom is 0.411 e. The zero-order chi connectivity index (χ0) is 15.2. The van der Waals surface area contributed by atoms with Crippen LogP contribution in [0.15, 0.2) is 55.6 Å². The molecule has 1 fully saturated rings. The second kappa shape index (κ2) is 6.88. The van der Waals surface area contributed by atoms with Gasteiger partial charge in [-0.25, -0.2) is 4.79 Å². The summed E-state index contributed by atoms with van der Waals surface area (Å²) in [6.07, 6.45) is 3.35. The van der Waals surface area contributed by atoms with Crippen molar-refractivity contribution in [3.8, 4) is 0 Å². The fourth-order valence-electron chi connectivity index (χ4n) is 2.45. The SMILES string of the molecule is C=C[C@@H]1CC(=O)C[C@H](C=C)N1C(=O)OCc1ccccc1. The van der Waals surface area contributed by atoms with Crippen LogP contribution in [0.1, 0.15) is 18.4 Å². The second-order valence-corrected chi connectivity index (χ2v) is 5.00. The van der Waals surface area contributed by atoms with Gasteiger partial charge in [-0.15, -0.1) is 13.2 Å². The lowest BCUT2D eigenvalue weighted by molar-refractivity contribution is -0.123. The number of ketones is 1. The molecule has 0 unspecified atom stereocenters. The van der Waals surface area contributed by atoms with E-state index in [0.717, 1.165) is 5.56 Å². The largest absolute Gasteiger partial charge is 0.445 e. The Morgan fingerprint density at radius 3 is 2.29 bits per heavy atom. The van der Waals surface area contributed by atoms with Crippen LogP contribution in [0, 0.1) is 0 Å². The summed E-state index contributed by atoms with van der Waals surface area (Å²) < 4.78 is 5.35. The quantitative estimate of drug-likeness (QED) is 0.799. The molecule has 0 aromatic heterocycles. The number of nitrogens with zero attached hydrogens (tertiary/aromatic N) is 1. The Balaban J connectivity index is 2.05. The predicted octanol–water partition coefficient (Wildman–Crippen LogP) is 3.10. The highest BCUT2D eigenvalue weighted by atomic mass is 16.6. The number of ether oxygens (including phenoxy) is 1. The zero-order valence-corrected chi connectivity index (χ0v) is 11.9. The van der Waals surface area contributed by atoms with E-state index in [4.69, 9.17) is 4.74 Å². The molecule has 2 atom stereocenters. The molecule has 2 rings (SSSR count).